The highest BCUT2D eigenvalue weighted by atomic mass is 35.5. The molecule has 0 radical (unpaired) electrons. The second kappa shape index (κ2) is 12.0. The van der Waals surface area contributed by atoms with Gasteiger partial charge >= 0.3 is 0 Å². The van der Waals surface area contributed by atoms with Crippen LogP contribution in [0, 0.1) is 0 Å². The van der Waals surface area contributed by atoms with Gasteiger partial charge in [-0.1, -0.05) is 88.1 Å². The fourth-order valence-corrected chi connectivity index (χ4v) is 2.91. The van der Waals surface area contributed by atoms with Gasteiger partial charge in [0, 0.05) is 11.1 Å². The van der Waals surface area contributed by atoms with Crippen LogP contribution in [0.25, 0.3) is 0 Å². The van der Waals surface area contributed by atoms with E-state index in [1.807, 2.05) is 18.2 Å². The van der Waals surface area contributed by atoms with Crippen LogP contribution in [0.15, 0.2) is 24.3 Å². The quantitative estimate of drug-likeness (QED) is 0.314. The molecule has 0 amide bonds. The van der Waals surface area contributed by atoms with E-state index in [0.717, 1.165) is 17.9 Å². The highest BCUT2D eigenvalue weighted by Crippen LogP contribution is 2.18. The third-order valence-corrected chi connectivity index (χ3v) is 4.43. The minimum atomic E-state index is 0.324. The summed E-state index contributed by atoms with van der Waals surface area (Å²) >= 11 is 6.20. The zero-order valence-corrected chi connectivity index (χ0v) is 14.2. The molecule has 0 fully saturated rings. The Bertz CT molecular complexity index is 368. The molecule has 120 valence electrons. The van der Waals surface area contributed by atoms with E-state index < -0.39 is 0 Å². The Kier molecular flexibility index (Phi) is 10.6. The number of halogens is 1. The Morgan fingerprint density at radius 1 is 1.00 bits per heavy atom. The van der Waals surface area contributed by atoms with Crippen LogP contribution in [-0.2, 0) is 6.42 Å². The zero-order valence-electron chi connectivity index (χ0n) is 13.4. The summed E-state index contributed by atoms with van der Waals surface area (Å²) in [5.41, 5.74) is 4.12. The molecule has 1 aromatic rings. The van der Waals surface area contributed by atoms with Gasteiger partial charge in [-0.2, -0.15) is 0 Å². The van der Waals surface area contributed by atoms with Crippen LogP contribution in [0.1, 0.15) is 70.3 Å². The number of nitrogens with one attached hydrogen (secondary N) is 1. The average Bonchev–Trinajstić information content (AvgIpc) is 2.50. The highest BCUT2D eigenvalue weighted by molar-refractivity contribution is 6.31. The summed E-state index contributed by atoms with van der Waals surface area (Å²) in [4.78, 5) is 0. The molecular formula is C18H31ClN2. The molecule has 0 aromatic heterocycles. The minimum absolute atomic E-state index is 0.324. The normalized spacial score (nSPS) is 12.5. The maximum atomic E-state index is 6.20. The second-order valence-corrected chi connectivity index (χ2v) is 6.33. The van der Waals surface area contributed by atoms with Crippen molar-refractivity contribution >= 4 is 11.6 Å². The molecule has 1 atom stereocenters. The van der Waals surface area contributed by atoms with Gasteiger partial charge in [0.15, 0.2) is 0 Å². The SMILES string of the molecule is CCCCCCCCCCC(Cc1ccccc1Cl)NN. The Morgan fingerprint density at radius 2 is 1.62 bits per heavy atom. The molecule has 1 rings (SSSR count). The highest BCUT2D eigenvalue weighted by Gasteiger charge is 2.09. The van der Waals surface area contributed by atoms with Crippen LogP contribution in [0.4, 0.5) is 0 Å². The summed E-state index contributed by atoms with van der Waals surface area (Å²) in [6.45, 7) is 2.26. The maximum Gasteiger partial charge on any atom is 0.0438 e. The van der Waals surface area contributed by atoms with Crippen molar-refractivity contribution in [1.82, 2.24) is 5.43 Å². The third-order valence-electron chi connectivity index (χ3n) is 4.07. The van der Waals surface area contributed by atoms with Crippen molar-refractivity contribution in [2.75, 3.05) is 0 Å². The van der Waals surface area contributed by atoms with Crippen molar-refractivity contribution in [2.45, 2.75) is 77.2 Å². The molecule has 0 aliphatic carbocycles. The Labute approximate surface area is 135 Å². The van der Waals surface area contributed by atoms with Gasteiger partial charge in [-0.25, -0.2) is 0 Å². The molecule has 21 heavy (non-hydrogen) atoms. The lowest BCUT2D eigenvalue weighted by atomic mass is 10.00. The fraction of sp³-hybridized carbons (Fsp3) is 0.667. The van der Waals surface area contributed by atoms with E-state index >= 15 is 0 Å². The van der Waals surface area contributed by atoms with Crippen LogP contribution in [0.5, 0.6) is 0 Å². The van der Waals surface area contributed by atoms with Gasteiger partial charge in [-0.15, -0.1) is 0 Å². The van der Waals surface area contributed by atoms with Gasteiger partial charge in [-0.05, 0) is 24.5 Å². The topological polar surface area (TPSA) is 38.0 Å². The van der Waals surface area contributed by atoms with E-state index in [-0.39, 0.29) is 0 Å². The lowest BCUT2D eigenvalue weighted by Crippen LogP contribution is -2.36. The van der Waals surface area contributed by atoms with Gasteiger partial charge in [0.1, 0.15) is 0 Å². The van der Waals surface area contributed by atoms with Crippen LogP contribution in [0.3, 0.4) is 0 Å². The molecule has 3 N–H and O–H groups in total. The Balaban J connectivity index is 2.13. The molecule has 1 unspecified atom stereocenters. The summed E-state index contributed by atoms with van der Waals surface area (Å²) < 4.78 is 0. The number of hydrogen-bond donors (Lipinski definition) is 2. The van der Waals surface area contributed by atoms with Gasteiger partial charge in [-0.3, -0.25) is 11.3 Å². The van der Waals surface area contributed by atoms with Crippen molar-refractivity contribution in [2.24, 2.45) is 5.84 Å². The van der Waals surface area contributed by atoms with Gasteiger partial charge in [0.05, 0.1) is 0 Å². The number of hydrogen-bond acceptors (Lipinski definition) is 2. The average molecular weight is 311 g/mol. The molecule has 0 aliphatic rings. The molecule has 0 aliphatic heterocycles. The largest absolute Gasteiger partial charge is 0.271 e. The van der Waals surface area contributed by atoms with Gasteiger partial charge in [0.25, 0.3) is 0 Å². The van der Waals surface area contributed by atoms with Crippen molar-refractivity contribution in [3.8, 4) is 0 Å². The molecule has 0 spiro atoms. The monoisotopic (exact) mass is 310 g/mol. The Morgan fingerprint density at radius 3 is 2.24 bits per heavy atom. The zero-order chi connectivity index (χ0) is 15.3. The van der Waals surface area contributed by atoms with E-state index in [1.54, 1.807) is 0 Å². The van der Waals surface area contributed by atoms with E-state index in [4.69, 9.17) is 17.4 Å². The molecule has 1 aromatic carbocycles. The van der Waals surface area contributed by atoms with Crippen molar-refractivity contribution in [3.63, 3.8) is 0 Å². The fourth-order valence-electron chi connectivity index (χ4n) is 2.70. The maximum absolute atomic E-state index is 6.20. The molecular weight excluding hydrogens is 280 g/mol. The van der Waals surface area contributed by atoms with Crippen molar-refractivity contribution < 1.29 is 0 Å². The van der Waals surface area contributed by atoms with Gasteiger partial charge < -0.3 is 0 Å². The first-order valence-corrected chi connectivity index (χ1v) is 8.85. The number of unbranched alkanes of at least 4 members (excludes halogenated alkanes) is 7. The van der Waals surface area contributed by atoms with Crippen LogP contribution < -0.4 is 11.3 Å². The van der Waals surface area contributed by atoms with E-state index in [0.29, 0.717) is 6.04 Å². The van der Waals surface area contributed by atoms with E-state index in [1.165, 1.54) is 56.9 Å². The third kappa shape index (κ3) is 8.45. The molecule has 3 heteroatoms. The lowest BCUT2D eigenvalue weighted by Gasteiger charge is -2.16. The number of nitrogens with two attached hydrogens (primary N) is 1. The second-order valence-electron chi connectivity index (χ2n) is 5.92. The number of benzene rings is 1. The summed E-state index contributed by atoms with van der Waals surface area (Å²) in [7, 11) is 0. The summed E-state index contributed by atoms with van der Waals surface area (Å²) in [6, 6.07) is 8.35. The summed E-state index contributed by atoms with van der Waals surface area (Å²) in [6.07, 6.45) is 12.8. The number of hydrazine groups is 1. The van der Waals surface area contributed by atoms with Crippen molar-refractivity contribution in [3.05, 3.63) is 34.9 Å². The molecule has 0 saturated carbocycles. The van der Waals surface area contributed by atoms with E-state index in [9.17, 15) is 0 Å². The van der Waals surface area contributed by atoms with Crippen LogP contribution in [-0.4, -0.2) is 6.04 Å². The molecule has 0 saturated heterocycles. The smallest absolute Gasteiger partial charge is 0.0438 e. The first-order chi connectivity index (χ1) is 10.3. The molecule has 0 bridgehead atoms. The molecule has 2 nitrogen and oxygen atoms in total. The standard InChI is InChI=1S/C18H31ClN2/c1-2-3-4-5-6-7-8-9-13-17(21-20)15-16-12-10-11-14-18(16)19/h10-12,14,17,21H,2-9,13,15,20H2,1H3. The number of rotatable bonds is 12. The first kappa shape index (κ1) is 18.5. The molecule has 0 heterocycles. The van der Waals surface area contributed by atoms with Gasteiger partial charge in [0.2, 0.25) is 0 Å². The summed E-state index contributed by atoms with van der Waals surface area (Å²) in [5.74, 6) is 5.67. The van der Waals surface area contributed by atoms with Crippen LogP contribution in [0.2, 0.25) is 5.02 Å². The predicted octanol–water partition coefficient (Wildman–Crippen LogP) is 5.25. The first-order valence-electron chi connectivity index (χ1n) is 8.47. The predicted molar refractivity (Wildman–Crippen MR) is 93.5 cm³/mol. The minimum Gasteiger partial charge on any atom is -0.271 e. The lowest BCUT2D eigenvalue weighted by molar-refractivity contribution is 0.458. The Hall–Kier alpha value is -0.570. The van der Waals surface area contributed by atoms with E-state index in [2.05, 4.69) is 18.4 Å². The van der Waals surface area contributed by atoms with Crippen molar-refractivity contribution in [1.29, 1.82) is 0 Å². The summed E-state index contributed by atoms with van der Waals surface area (Å²) in [5, 5.41) is 0.841. The van der Waals surface area contributed by atoms with Crippen LogP contribution >= 0.6 is 11.6 Å².